The first-order valence-corrected chi connectivity index (χ1v) is 6.15. The number of benzene rings is 1. The van der Waals surface area contributed by atoms with Crippen LogP contribution in [0.15, 0.2) is 18.2 Å². The minimum Gasteiger partial charge on any atom is -0.480 e. The summed E-state index contributed by atoms with van der Waals surface area (Å²) < 4.78 is 13.7. The summed E-state index contributed by atoms with van der Waals surface area (Å²) in [5.41, 5.74) is -0.728. The Morgan fingerprint density at radius 3 is 2.48 bits per heavy atom. The number of carbonyl (C=O) groups excluding carboxylic acids is 1. The van der Waals surface area contributed by atoms with Gasteiger partial charge in [0.25, 0.3) is 0 Å². The van der Waals surface area contributed by atoms with Gasteiger partial charge in [-0.3, -0.25) is 4.79 Å². The van der Waals surface area contributed by atoms with E-state index >= 15 is 0 Å². The predicted molar refractivity (Wildman–Crippen MR) is 74.2 cm³/mol. The maximum absolute atomic E-state index is 13.7. The fourth-order valence-corrected chi connectivity index (χ4v) is 1.62. The molecule has 0 aliphatic carbocycles. The normalized spacial score (nSPS) is 10.6. The Hall–Kier alpha value is -2.62. The Bertz CT molecular complexity index is 602. The van der Waals surface area contributed by atoms with Crippen LogP contribution in [0.2, 0.25) is 0 Å². The Balaban J connectivity index is 2.97. The van der Waals surface area contributed by atoms with Crippen molar-refractivity contribution in [3.05, 3.63) is 29.6 Å². The van der Waals surface area contributed by atoms with Gasteiger partial charge in [0.1, 0.15) is 12.4 Å². The van der Waals surface area contributed by atoms with Gasteiger partial charge >= 0.3 is 12.0 Å². The van der Waals surface area contributed by atoms with E-state index in [0.29, 0.717) is 0 Å². The summed E-state index contributed by atoms with van der Waals surface area (Å²) in [6.07, 6.45) is 0. The van der Waals surface area contributed by atoms with Crippen LogP contribution in [0.4, 0.5) is 14.9 Å². The molecule has 0 heterocycles. The lowest BCUT2D eigenvalue weighted by atomic mass is 10.1. The average Bonchev–Trinajstić information content (AvgIpc) is 2.36. The lowest BCUT2D eigenvalue weighted by Gasteiger charge is -2.34. The minimum absolute atomic E-state index is 0.112. The van der Waals surface area contributed by atoms with E-state index in [1.54, 1.807) is 26.8 Å². The quantitative estimate of drug-likeness (QED) is 0.895. The molecule has 2 amide bonds. The first kappa shape index (κ1) is 16.4. The Kier molecular flexibility index (Phi) is 4.87. The van der Waals surface area contributed by atoms with Crippen molar-refractivity contribution in [3.8, 4) is 6.07 Å². The van der Waals surface area contributed by atoms with Gasteiger partial charge in [0.15, 0.2) is 0 Å². The third-order valence-electron chi connectivity index (χ3n) is 2.69. The summed E-state index contributed by atoms with van der Waals surface area (Å²) in [4.78, 5) is 24.0. The third kappa shape index (κ3) is 4.45. The lowest BCUT2D eigenvalue weighted by Crippen LogP contribution is -2.50. The number of rotatable bonds is 3. The number of carboxylic acids is 1. The molecule has 7 heteroatoms. The summed E-state index contributed by atoms with van der Waals surface area (Å²) in [5.74, 6) is -1.92. The van der Waals surface area contributed by atoms with E-state index in [2.05, 4.69) is 5.32 Å². The number of anilines is 1. The fourth-order valence-electron chi connectivity index (χ4n) is 1.62. The van der Waals surface area contributed by atoms with Crippen LogP contribution in [0.25, 0.3) is 0 Å². The summed E-state index contributed by atoms with van der Waals surface area (Å²) in [5, 5.41) is 19.8. The van der Waals surface area contributed by atoms with Crippen LogP contribution in [0, 0.1) is 17.1 Å². The Morgan fingerprint density at radius 2 is 2.05 bits per heavy atom. The van der Waals surface area contributed by atoms with Gasteiger partial charge in [0, 0.05) is 5.54 Å². The highest BCUT2D eigenvalue weighted by Gasteiger charge is 2.28. The average molecular weight is 293 g/mol. The molecule has 6 nitrogen and oxygen atoms in total. The number of nitrogens with zero attached hydrogens (tertiary/aromatic N) is 2. The molecule has 21 heavy (non-hydrogen) atoms. The molecule has 1 aromatic rings. The SMILES string of the molecule is CC(C)(C)N(CC(=O)O)C(=O)Nc1ccc(C#N)cc1F. The third-order valence-corrected chi connectivity index (χ3v) is 2.69. The molecule has 1 aromatic carbocycles. The Labute approximate surface area is 121 Å². The number of nitrogens with one attached hydrogen (secondary N) is 1. The van der Waals surface area contributed by atoms with Gasteiger partial charge in [-0.1, -0.05) is 0 Å². The van der Waals surface area contributed by atoms with Crippen molar-refractivity contribution >= 4 is 17.7 Å². The molecule has 0 aromatic heterocycles. The molecule has 1 rings (SSSR count). The van der Waals surface area contributed by atoms with Crippen molar-refractivity contribution in [3.63, 3.8) is 0 Å². The summed E-state index contributed by atoms with van der Waals surface area (Å²) in [6.45, 7) is 4.51. The first-order valence-electron chi connectivity index (χ1n) is 6.15. The molecular formula is C14H16FN3O3. The molecule has 0 fully saturated rings. The number of carbonyl (C=O) groups is 2. The number of amides is 2. The van der Waals surface area contributed by atoms with E-state index in [-0.39, 0.29) is 11.3 Å². The molecule has 0 saturated carbocycles. The second kappa shape index (κ2) is 6.22. The number of aliphatic carboxylic acids is 1. The van der Waals surface area contributed by atoms with Crippen LogP contribution in [0.1, 0.15) is 26.3 Å². The molecule has 0 bridgehead atoms. The largest absolute Gasteiger partial charge is 0.480 e. The molecular weight excluding hydrogens is 277 g/mol. The van der Waals surface area contributed by atoms with Crippen molar-refractivity contribution < 1.29 is 19.1 Å². The minimum atomic E-state index is -1.17. The van der Waals surface area contributed by atoms with Crippen LogP contribution >= 0.6 is 0 Å². The molecule has 0 saturated heterocycles. The van der Waals surface area contributed by atoms with Crippen LogP contribution in [-0.4, -0.2) is 34.1 Å². The number of hydrogen-bond donors (Lipinski definition) is 2. The number of carboxylic acid groups (broad SMARTS) is 1. The van der Waals surface area contributed by atoms with E-state index < -0.39 is 29.9 Å². The maximum atomic E-state index is 13.7. The van der Waals surface area contributed by atoms with Gasteiger partial charge in [-0.2, -0.15) is 5.26 Å². The molecule has 0 radical (unpaired) electrons. The lowest BCUT2D eigenvalue weighted by molar-refractivity contribution is -0.138. The van der Waals surface area contributed by atoms with Crippen LogP contribution in [0.3, 0.4) is 0 Å². The van der Waals surface area contributed by atoms with Crippen molar-refractivity contribution in [1.82, 2.24) is 4.90 Å². The van der Waals surface area contributed by atoms with Crippen LogP contribution in [-0.2, 0) is 4.79 Å². The van der Waals surface area contributed by atoms with E-state index in [9.17, 15) is 14.0 Å². The Morgan fingerprint density at radius 1 is 1.43 bits per heavy atom. The van der Waals surface area contributed by atoms with Gasteiger partial charge in [0.05, 0.1) is 17.3 Å². The molecule has 0 aliphatic rings. The highest BCUT2D eigenvalue weighted by molar-refractivity contribution is 5.92. The van der Waals surface area contributed by atoms with E-state index in [4.69, 9.17) is 10.4 Å². The van der Waals surface area contributed by atoms with Gasteiger partial charge in [-0.15, -0.1) is 0 Å². The van der Waals surface area contributed by atoms with Crippen molar-refractivity contribution in [1.29, 1.82) is 5.26 Å². The zero-order valence-corrected chi connectivity index (χ0v) is 12.0. The molecule has 112 valence electrons. The number of nitriles is 1. The van der Waals surface area contributed by atoms with Crippen molar-refractivity contribution in [2.75, 3.05) is 11.9 Å². The van der Waals surface area contributed by atoms with E-state index in [0.717, 1.165) is 11.0 Å². The van der Waals surface area contributed by atoms with E-state index in [1.165, 1.54) is 12.1 Å². The highest BCUT2D eigenvalue weighted by atomic mass is 19.1. The van der Waals surface area contributed by atoms with Crippen LogP contribution < -0.4 is 5.32 Å². The number of halogens is 1. The molecule has 0 unspecified atom stereocenters. The molecule has 0 atom stereocenters. The second-order valence-corrected chi connectivity index (χ2v) is 5.39. The smallest absolute Gasteiger partial charge is 0.323 e. The first-order chi connectivity index (χ1) is 9.65. The highest BCUT2D eigenvalue weighted by Crippen LogP contribution is 2.19. The summed E-state index contributed by atoms with van der Waals surface area (Å²) in [7, 11) is 0. The number of urea groups is 1. The van der Waals surface area contributed by atoms with Gasteiger partial charge in [0.2, 0.25) is 0 Å². The predicted octanol–water partition coefficient (Wildman–Crippen LogP) is 2.41. The molecule has 0 aliphatic heterocycles. The van der Waals surface area contributed by atoms with Gasteiger partial charge in [-0.25, -0.2) is 9.18 Å². The summed E-state index contributed by atoms with van der Waals surface area (Å²) >= 11 is 0. The molecule has 0 spiro atoms. The standard InChI is InChI=1S/C14H16FN3O3/c1-14(2,3)18(8-12(19)20)13(21)17-11-5-4-9(7-16)6-10(11)15/h4-6H,8H2,1-3H3,(H,17,21)(H,19,20). The van der Waals surface area contributed by atoms with Crippen molar-refractivity contribution in [2.24, 2.45) is 0 Å². The monoisotopic (exact) mass is 293 g/mol. The molecule has 2 N–H and O–H groups in total. The topological polar surface area (TPSA) is 93.4 Å². The summed E-state index contributed by atoms with van der Waals surface area (Å²) in [6, 6.07) is 4.66. The van der Waals surface area contributed by atoms with Crippen LogP contribution in [0.5, 0.6) is 0 Å². The number of hydrogen-bond acceptors (Lipinski definition) is 3. The zero-order valence-electron chi connectivity index (χ0n) is 12.0. The second-order valence-electron chi connectivity index (χ2n) is 5.39. The van der Waals surface area contributed by atoms with Gasteiger partial charge < -0.3 is 15.3 Å². The van der Waals surface area contributed by atoms with E-state index in [1.807, 2.05) is 0 Å². The van der Waals surface area contributed by atoms with Crippen molar-refractivity contribution in [2.45, 2.75) is 26.3 Å². The fraction of sp³-hybridized carbons (Fsp3) is 0.357. The zero-order chi connectivity index (χ0) is 16.2. The maximum Gasteiger partial charge on any atom is 0.323 e. The van der Waals surface area contributed by atoms with Gasteiger partial charge in [-0.05, 0) is 39.0 Å².